The molecule has 8 heteroatoms. The van der Waals surface area contributed by atoms with Crippen molar-refractivity contribution in [1.82, 2.24) is 0 Å². The fraction of sp³-hybridized carbons (Fsp3) is 0.833. The summed E-state index contributed by atoms with van der Waals surface area (Å²) in [6.07, 6.45) is 53.4. The Hall–Kier alpha value is -2.45. The number of unbranched alkanes of at least 4 members (excludes halogenated alkanes) is 28. The number of aliphatic carboxylic acids is 1. The van der Waals surface area contributed by atoms with Crippen LogP contribution >= 0.6 is 0 Å². The third-order valence-corrected chi connectivity index (χ3v) is 11.8. The highest BCUT2D eigenvalue weighted by atomic mass is 16.6. The Balaban J connectivity index is 4.25. The molecule has 0 rings (SSSR count). The number of esters is 2. The van der Waals surface area contributed by atoms with E-state index in [0.717, 1.165) is 51.4 Å². The molecule has 0 aliphatic rings. The van der Waals surface area contributed by atoms with Crippen molar-refractivity contribution in [2.75, 3.05) is 41.0 Å². The van der Waals surface area contributed by atoms with Gasteiger partial charge in [-0.15, -0.1) is 0 Å². The maximum atomic E-state index is 12.8. The maximum absolute atomic E-state index is 12.8. The molecule has 0 aliphatic heterocycles. The van der Waals surface area contributed by atoms with Crippen LogP contribution in [0.3, 0.4) is 0 Å². The van der Waals surface area contributed by atoms with Crippen molar-refractivity contribution in [3.63, 3.8) is 0 Å². The number of carbonyl (C=O) groups is 3. The molecule has 8 nitrogen and oxygen atoms in total. The third kappa shape index (κ3) is 42.8. The Bertz CT molecular complexity index is 1110. The second kappa shape index (κ2) is 45.1. The summed E-state index contributed by atoms with van der Waals surface area (Å²) in [6.45, 7) is 4.73. The number of allylic oxidation sites excluding steroid dienone is 6. The fourth-order valence-corrected chi connectivity index (χ4v) is 7.73. The normalized spacial score (nSPS) is 13.1. The lowest BCUT2D eigenvalue weighted by Gasteiger charge is -2.31. The minimum absolute atomic E-state index is 0.0506. The smallest absolute Gasteiger partial charge is 0.362 e. The van der Waals surface area contributed by atoms with Gasteiger partial charge in [0, 0.05) is 19.3 Å². The van der Waals surface area contributed by atoms with Crippen molar-refractivity contribution in [3.05, 3.63) is 36.5 Å². The van der Waals surface area contributed by atoms with E-state index in [1.165, 1.54) is 154 Å². The van der Waals surface area contributed by atoms with Crippen molar-refractivity contribution in [1.29, 1.82) is 0 Å². The summed E-state index contributed by atoms with van der Waals surface area (Å²) in [5.41, 5.74) is 0. The lowest BCUT2D eigenvalue weighted by Crippen LogP contribution is -2.50. The molecule has 0 saturated carbocycles. The van der Waals surface area contributed by atoms with Gasteiger partial charge < -0.3 is 23.8 Å². The minimum Gasteiger partial charge on any atom is -0.477 e. The molecule has 0 aromatic carbocycles. The van der Waals surface area contributed by atoms with Gasteiger partial charge in [-0.2, -0.15) is 0 Å². The number of rotatable bonds is 47. The predicted molar refractivity (Wildman–Crippen MR) is 261 cm³/mol. The number of nitrogens with zero attached hydrogens (tertiary/aromatic N) is 1. The Labute approximate surface area is 383 Å². The Morgan fingerprint density at radius 1 is 0.484 bits per heavy atom. The summed E-state index contributed by atoms with van der Waals surface area (Å²) in [5.74, 6) is -1.50. The molecule has 0 aromatic rings. The Morgan fingerprint density at radius 3 is 1.27 bits per heavy atom. The summed E-state index contributed by atoms with van der Waals surface area (Å²) in [6, 6.07) is -0.620. The molecule has 362 valence electrons. The molecule has 0 aliphatic carbocycles. The van der Waals surface area contributed by atoms with Gasteiger partial charge in [0.05, 0.1) is 34.4 Å². The van der Waals surface area contributed by atoms with E-state index in [4.69, 9.17) is 14.2 Å². The van der Waals surface area contributed by atoms with Crippen LogP contribution in [-0.2, 0) is 28.6 Å². The van der Waals surface area contributed by atoms with Crippen molar-refractivity contribution in [2.45, 2.75) is 251 Å². The summed E-state index contributed by atoms with van der Waals surface area (Å²) in [7, 11) is 5.53. The lowest BCUT2D eigenvalue weighted by molar-refractivity contribution is -0.887. The van der Waals surface area contributed by atoms with Crippen molar-refractivity contribution in [2.24, 2.45) is 0 Å². The van der Waals surface area contributed by atoms with Gasteiger partial charge in [-0.25, -0.2) is 4.79 Å². The molecule has 0 spiro atoms. The van der Waals surface area contributed by atoms with Gasteiger partial charge in [-0.3, -0.25) is 9.59 Å². The first-order valence-corrected chi connectivity index (χ1v) is 26.0. The highest BCUT2D eigenvalue weighted by molar-refractivity contribution is 5.72. The SMILES string of the molecule is CCCCCCCCC/C=C/C=C/CCCCCC(=O)OC(COCCC(C(=O)O)[N+](C)(C)C)COC(=O)CCCCCCCCC/C=C/CCCCCCCCCCCCC. The first-order chi connectivity index (χ1) is 30.1. The summed E-state index contributed by atoms with van der Waals surface area (Å²) < 4.78 is 17.3. The van der Waals surface area contributed by atoms with Crippen LogP contribution in [0, 0.1) is 0 Å². The van der Waals surface area contributed by atoms with E-state index in [-0.39, 0.29) is 36.2 Å². The molecule has 0 radical (unpaired) electrons. The van der Waals surface area contributed by atoms with E-state index in [0.29, 0.717) is 19.3 Å². The predicted octanol–water partition coefficient (Wildman–Crippen LogP) is 15.0. The molecule has 62 heavy (non-hydrogen) atoms. The van der Waals surface area contributed by atoms with Crippen LogP contribution in [0.25, 0.3) is 0 Å². The molecular weight excluding hydrogens is 775 g/mol. The zero-order valence-corrected chi connectivity index (χ0v) is 41.3. The Morgan fingerprint density at radius 2 is 0.855 bits per heavy atom. The summed E-state index contributed by atoms with van der Waals surface area (Å²) >= 11 is 0. The van der Waals surface area contributed by atoms with Crippen molar-refractivity contribution < 1.29 is 38.2 Å². The first-order valence-electron chi connectivity index (χ1n) is 26.0. The number of hydrogen-bond donors (Lipinski definition) is 1. The van der Waals surface area contributed by atoms with Gasteiger partial charge in [-0.05, 0) is 64.2 Å². The molecule has 2 atom stereocenters. The average molecular weight is 875 g/mol. The van der Waals surface area contributed by atoms with Gasteiger partial charge >= 0.3 is 17.9 Å². The third-order valence-electron chi connectivity index (χ3n) is 11.8. The number of quaternary nitrogens is 1. The van der Waals surface area contributed by atoms with Crippen LogP contribution in [0.15, 0.2) is 36.5 Å². The van der Waals surface area contributed by atoms with Gasteiger partial charge in [0.2, 0.25) is 0 Å². The van der Waals surface area contributed by atoms with Crippen molar-refractivity contribution >= 4 is 17.9 Å². The quantitative estimate of drug-likeness (QED) is 0.0214. The second-order valence-electron chi connectivity index (χ2n) is 18.8. The minimum atomic E-state index is -0.878. The van der Waals surface area contributed by atoms with Gasteiger partial charge in [0.15, 0.2) is 12.1 Å². The standard InChI is InChI=1S/C54H99NO7/c1-6-8-10-12-14-16-18-20-22-24-25-26-27-28-29-31-32-34-36-38-40-42-44-52(56)61-49-50(48-60-47-46-51(54(58)59)55(3,4)5)62-53(57)45-43-41-39-37-35-33-30-23-21-19-17-15-13-11-9-7-2/h23,27-28,30,33,35,50-51H,6-22,24-26,29,31-32,34,36-49H2,1-5H3/p+1/b28-27+,30-23+,35-33+. The first kappa shape index (κ1) is 59.5. The maximum Gasteiger partial charge on any atom is 0.362 e. The van der Waals surface area contributed by atoms with E-state index < -0.39 is 18.1 Å². The second-order valence-corrected chi connectivity index (χ2v) is 18.8. The molecule has 0 bridgehead atoms. The zero-order chi connectivity index (χ0) is 45.6. The van der Waals surface area contributed by atoms with E-state index >= 15 is 0 Å². The van der Waals surface area contributed by atoms with Gasteiger partial charge in [0.25, 0.3) is 0 Å². The monoisotopic (exact) mass is 875 g/mol. The highest BCUT2D eigenvalue weighted by Crippen LogP contribution is 2.15. The van der Waals surface area contributed by atoms with E-state index in [9.17, 15) is 19.5 Å². The number of hydrogen-bond acceptors (Lipinski definition) is 6. The van der Waals surface area contributed by atoms with Crippen LogP contribution in [0.1, 0.15) is 239 Å². The van der Waals surface area contributed by atoms with E-state index in [1.807, 2.05) is 21.1 Å². The van der Waals surface area contributed by atoms with Crippen LogP contribution in [0.4, 0.5) is 0 Å². The molecule has 0 amide bonds. The summed E-state index contributed by atoms with van der Waals surface area (Å²) in [5, 5.41) is 9.65. The largest absolute Gasteiger partial charge is 0.477 e. The van der Waals surface area contributed by atoms with Crippen LogP contribution < -0.4 is 0 Å². The zero-order valence-electron chi connectivity index (χ0n) is 41.3. The lowest BCUT2D eigenvalue weighted by atomic mass is 10.0. The van der Waals surface area contributed by atoms with Crippen LogP contribution in [0.5, 0.6) is 0 Å². The van der Waals surface area contributed by atoms with Crippen LogP contribution in [-0.4, -0.2) is 80.6 Å². The molecule has 1 N–H and O–H groups in total. The molecule has 0 fully saturated rings. The van der Waals surface area contributed by atoms with E-state index in [2.05, 4.69) is 50.3 Å². The number of ether oxygens (including phenoxy) is 3. The molecule has 0 aromatic heterocycles. The van der Waals surface area contributed by atoms with Gasteiger partial charge in [0.1, 0.15) is 6.61 Å². The molecule has 0 heterocycles. The number of likely N-dealkylation sites (N-methyl/N-ethyl adjacent to an activating group) is 1. The highest BCUT2D eigenvalue weighted by Gasteiger charge is 2.31. The number of carbonyl (C=O) groups excluding carboxylic acids is 2. The molecule has 0 saturated heterocycles. The van der Waals surface area contributed by atoms with Crippen molar-refractivity contribution in [3.8, 4) is 0 Å². The Kier molecular flexibility index (Phi) is 43.3. The molecular formula is C54H100NO7+. The number of carboxylic acids is 1. The molecule has 2 unspecified atom stereocenters. The fourth-order valence-electron chi connectivity index (χ4n) is 7.73. The van der Waals surface area contributed by atoms with Crippen LogP contribution in [0.2, 0.25) is 0 Å². The summed E-state index contributed by atoms with van der Waals surface area (Å²) in [4.78, 5) is 37.1. The topological polar surface area (TPSA) is 99.1 Å². The average Bonchev–Trinajstić information content (AvgIpc) is 3.23. The van der Waals surface area contributed by atoms with Gasteiger partial charge in [-0.1, -0.05) is 192 Å². The van der Waals surface area contributed by atoms with E-state index in [1.54, 1.807) is 0 Å². The number of carboxylic acid groups (broad SMARTS) is 1.